The van der Waals surface area contributed by atoms with Crippen molar-refractivity contribution in [2.45, 2.75) is 27.7 Å². The van der Waals surface area contributed by atoms with Crippen molar-refractivity contribution in [1.82, 2.24) is 10.6 Å². The maximum absolute atomic E-state index is 11.4. The minimum atomic E-state index is -0.711. The van der Waals surface area contributed by atoms with Crippen LogP contribution in [0.3, 0.4) is 0 Å². The Morgan fingerprint density at radius 2 is 1.71 bits per heavy atom. The van der Waals surface area contributed by atoms with Gasteiger partial charge < -0.3 is 16.4 Å². The fourth-order valence-electron chi connectivity index (χ4n) is 0.840. The number of amides is 2. The zero-order valence-electron chi connectivity index (χ0n) is 10.8. The summed E-state index contributed by atoms with van der Waals surface area (Å²) in [6, 6.07) is 0. The molecule has 4 N–H and O–H groups in total. The van der Waals surface area contributed by atoms with Crippen LogP contribution in [-0.4, -0.2) is 29.9 Å². The van der Waals surface area contributed by atoms with Crippen LogP contribution in [0.15, 0.2) is 0 Å². The van der Waals surface area contributed by atoms with Crippen LogP contribution in [0.4, 0.5) is 0 Å². The van der Waals surface area contributed by atoms with E-state index in [1.54, 1.807) is 0 Å². The number of carbonyl (C=O) groups excluding carboxylic acids is 2. The number of nitrogens with one attached hydrogen (secondary N) is 2. The molecule has 0 radical (unpaired) electrons. The van der Waals surface area contributed by atoms with E-state index in [1.165, 1.54) is 0 Å². The molecule has 0 aliphatic carbocycles. The fourth-order valence-corrected chi connectivity index (χ4v) is 0.912. The largest absolute Gasteiger partial charge is 0.392 e. The van der Waals surface area contributed by atoms with Crippen LogP contribution in [-0.2, 0) is 9.59 Å². The molecule has 0 bridgehead atoms. The second-order valence-corrected chi connectivity index (χ2v) is 5.50. The smallest absolute Gasteiger partial charge is 0.309 e. The second-order valence-electron chi connectivity index (χ2n) is 4.97. The lowest BCUT2D eigenvalue weighted by atomic mass is 9.81. The minimum absolute atomic E-state index is 0.0369. The monoisotopic (exact) mass is 259 g/mol. The highest BCUT2D eigenvalue weighted by molar-refractivity contribution is 7.80. The average Bonchev–Trinajstić information content (AvgIpc) is 2.22. The van der Waals surface area contributed by atoms with Crippen molar-refractivity contribution in [1.29, 1.82) is 0 Å². The molecule has 0 unspecified atom stereocenters. The van der Waals surface area contributed by atoms with Gasteiger partial charge in [-0.2, -0.15) is 0 Å². The predicted octanol–water partition coefficient (Wildman–Crippen LogP) is 0.187. The first-order valence-corrected chi connectivity index (χ1v) is 5.92. The molecule has 0 aromatic carbocycles. The first kappa shape index (κ1) is 15.8. The van der Waals surface area contributed by atoms with Crippen LogP contribution < -0.4 is 16.4 Å². The van der Waals surface area contributed by atoms with Crippen LogP contribution in [0.1, 0.15) is 27.7 Å². The molecule has 0 atom stereocenters. The summed E-state index contributed by atoms with van der Waals surface area (Å²) in [5.41, 5.74) is 5.15. The Morgan fingerprint density at radius 3 is 2.12 bits per heavy atom. The van der Waals surface area contributed by atoms with Gasteiger partial charge in [-0.05, 0) is 11.3 Å². The van der Waals surface area contributed by atoms with Crippen LogP contribution in [0.25, 0.3) is 0 Å². The summed E-state index contributed by atoms with van der Waals surface area (Å²) in [5, 5.41) is 4.92. The summed E-state index contributed by atoms with van der Waals surface area (Å²) in [7, 11) is 0. The Labute approximate surface area is 108 Å². The molecule has 0 fully saturated rings. The number of rotatable bonds is 5. The van der Waals surface area contributed by atoms with Gasteiger partial charge in [-0.3, -0.25) is 9.59 Å². The normalized spacial score (nSPS) is 11.1. The Kier molecular flexibility index (Phi) is 6.09. The Balaban J connectivity index is 4.10. The lowest BCUT2D eigenvalue weighted by Crippen LogP contribution is -2.46. The number of hydrogen-bond donors (Lipinski definition) is 3. The number of nitrogens with two attached hydrogens (primary N) is 1. The molecule has 0 aliphatic heterocycles. The Hall–Kier alpha value is -1.17. The molecule has 0 saturated heterocycles. The molecule has 0 heterocycles. The lowest BCUT2D eigenvalue weighted by molar-refractivity contribution is -0.139. The van der Waals surface area contributed by atoms with E-state index < -0.39 is 11.8 Å². The second kappa shape index (κ2) is 6.54. The van der Waals surface area contributed by atoms with Gasteiger partial charge in [0.05, 0.1) is 11.5 Å². The zero-order chi connectivity index (χ0) is 13.6. The van der Waals surface area contributed by atoms with Gasteiger partial charge in [0.1, 0.15) is 0 Å². The quantitative estimate of drug-likeness (QED) is 0.486. The van der Waals surface area contributed by atoms with Crippen LogP contribution in [0.5, 0.6) is 0 Å². The van der Waals surface area contributed by atoms with Crippen molar-refractivity contribution in [3.63, 3.8) is 0 Å². The van der Waals surface area contributed by atoms with Gasteiger partial charge in [-0.1, -0.05) is 39.9 Å². The average molecular weight is 259 g/mol. The Morgan fingerprint density at radius 1 is 1.24 bits per heavy atom. The minimum Gasteiger partial charge on any atom is -0.392 e. The molecule has 0 rings (SSSR count). The molecule has 5 nitrogen and oxygen atoms in total. The summed E-state index contributed by atoms with van der Waals surface area (Å²) < 4.78 is 0. The molecule has 0 aromatic heterocycles. The van der Waals surface area contributed by atoms with Crippen molar-refractivity contribution in [2.24, 2.45) is 17.1 Å². The molecule has 0 spiro atoms. The van der Waals surface area contributed by atoms with E-state index in [0.717, 1.165) is 0 Å². The molecule has 17 heavy (non-hydrogen) atoms. The predicted molar refractivity (Wildman–Crippen MR) is 71.4 cm³/mol. The maximum Gasteiger partial charge on any atom is 0.309 e. The third kappa shape index (κ3) is 6.21. The van der Waals surface area contributed by atoms with Gasteiger partial charge >= 0.3 is 11.8 Å². The highest BCUT2D eigenvalue weighted by Gasteiger charge is 2.24. The first-order valence-electron chi connectivity index (χ1n) is 5.51. The van der Waals surface area contributed by atoms with Gasteiger partial charge in [0.2, 0.25) is 0 Å². The fraction of sp³-hybridized carbons (Fsp3) is 0.727. The molecular formula is C11H21N3O2S. The van der Waals surface area contributed by atoms with Gasteiger partial charge in [0.25, 0.3) is 0 Å². The summed E-state index contributed by atoms with van der Waals surface area (Å²) >= 11 is 4.59. The van der Waals surface area contributed by atoms with Crippen molar-refractivity contribution in [2.75, 3.05) is 13.1 Å². The summed E-state index contributed by atoms with van der Waals surface area (Å²) in [6.45, 7) is 8.69. The van der Waals surface area contributed by atoms with Crippen LogP contribution in [0.2, 0.25) is 0 Å². The Bertz CT molecular complexity index is 314. The van der Waals surface area contributed by atoms with E-state index in [-0.39, 0.29) is 16.9 Å². The molecule has 2 amide bonds. The maximum atomic E-state index is 11.4. The van der Waals surface area contributed by atoms with Gasteiger partial charge in [-0.25, -0.2) is 0 Å². The lowest BCUT2D eigenvalue weighted by Gasteiger charge is -2.29. The van der Waals surface area contributed by atoms with Gasteiger partial charge in [0.15, 0.2) is 0 Å². The number of carbonyl (C=O) groups is 2. The SMILES string of the molecule is CC(C)C(C)(C)CNC(=O)C(=O)NCC(N)=S. The van der Waals surface area contributed by atoms with E-state index in [1.807, 2.05) is 13.8 Å². The van der Waals surface area contributed by atoms with E-state index in [4.69, 9.17) is 5.73 Å². The van der Waals surface area contributed by atoms with Crippen LogP contribution in [0, 0.1) is 11.3 Å². The molecular weight excluding hydrogens is 238 g/mol. The topological polar surface area (TPSA) is 84.2 Å². The standard InChI is InChI=1S/C11H21N3O2S/c1-7(2)11(3,4)6-14-10(16)9(15)13-5-8(12)17/h7H,5-6H2,1-4H3,(H2,12,17)(H,13,15)(H,14,16). The van der Waals surface area contributed by atoms with Gasteiger partial charge in [-0.15, -0.1) is 0 Å². The first-order chi connectivity index (χ1) is 7.66. The van der Waals surface area contributed by atoms with E-state index in [9.17, 15) is 9.59 Å². The summed E-state index contributed by atoms with van der Waals surface area (Å²) in [5.74, 6) is -0.963. The van der Waals surface area contributed by atoms with Crippen molar-refractivity contribution >= 4 is 29.0 Å². The van der Waals surface area contributed by atoms with E-state index in [2.05, 4.69) is 36.7 Å². The summed E-state index contributed by atoms with van der Waals surface area (Å²) in [6.07, 6.45) is 0. The highest BCUT2D eigenvalue weighted by Crippen LogP contribution is 2.24. The third-order valence-electron chi connectivity index (χ3n) is 2.90. The van der Waals surface area contributed by atoms with Gasteiger partial charge in [0, 0.05) is 6.54 Å². The molecule has 6 heteroatoms. The van der Waals surface area contributed by atoms with Crippen molar-refractivity contribution < 1.29 is 9.59 Å². The molecule has 0 saturated carbocycles. The third-order valence-corrected chi connectivity index (χ3v) is 3.04. The van der Waals surface area contributed by atoms with E-state index in [0.29, 0.717) is 12.5 Å². The molecule has 0 aliphatic rings. The van der Waals surface area contributed by atoms with Crippen molar-refractivity contribution in [3.8, 4) is 0 Å². The van der Waals surface area contributed by atoms with Crippen molar-refractivity contribution in [3.05, 3.63) is 0 Å². The van der Waals surface area contributed by atoms with E-state index >= 15 is 0 Å². The number of thiocarbonyl (C=S) groups is 1. The molecule has 0 aromatic rings. The highest BCUT2D eigenvalue weighted by atomic mass is 32.1. The summed E-state index contributed by atoms with van der Waals surface area (Å²) in [4.78, 5) is 22.9. The molecule has 98 valence electrons. The zero-order valence-corrected chi connectivity index (χ0v) is 11.6. The van der Waals surface area contributed by atoms with Crippen LogP contribution >= 0.6 is 12.2 Å². The number of hydrogen-bond acceptors (Lipinski definition) is 3.